The Kier molecular flexibility index (Phi) is 4.51. The predicted octanol–water partition coefficient (Wildman–Crippen LogP) is 3.44. The summed E-state index contributed by atoms with van der Waals surface area (Å²) in [6.45, 7) is 10.1. The summed E-state index contributed by atoms with van der Waals surface area (Å²) in [6, 6.07) is 2.17. The van der Waals surface area contributed by atoms with E-state index in [1.807, 2.05) is 13.2 Å². The van der Waals surface area contributed by atoms with Crippen molar-refractivity contribution >= 4 is 21.7 Å². The normalized spacial score (nSPS) is 20.1. The number of hydrogen-bond acceptors (Lipinski definition) is 3. The van der Waals surface area contributed by atoms with Crippen LogP contribution in [0.25, 0.3) is 0 Å². The molecular formula is C15H24BrN3. The molecule has 0 amide bonds. The maximum Gasteiger partial charge on any atom is 0.133 e. The van der Waals surface area contributed by atoms with Crippen molar-refractivity contribution in [1.82, 2.24) is 10.3 Å². The van der Waals surface area contributed by atoms with Crippen LogP contribution in [0.5, 0.6) is 0 Å². The lowest BCUT2D eigenvalue weighted by molar-refractivity contribution is 0.263. The Bertz CT molecular complexity index is 440. The smallest absolute Gasteiger partial charge is 0.133 e. The van der Waals surface area contributed by atoms with E-state index in [2.05, 4.69) is 58.0 Å². The molecule has 2 heterocycles. The summed E-state index contributed by atoms with van der Waals surface area (Å²) in [6.07, 6.45) is 3.17. The van der Waals surface area contributed by atoms with Gasteiger partial charge in [0.1, 0.15) is 5.82 Å². The van der Waals surface area contributed by atoms with Gasteiger partial charge in [-0.2, -0.15) is 0 Å². The first-order valence-electron chi connectivity index (χ1n) is 6.96. The molecule has 1 aromatic rings. The average Bonchev–Trinajstić information content (AvgIpc) is 2.78. The number of hydrogen-bond donors (Lipinski definition) is 1. The van der Waals surface area contributed by atoms with Crippen molar-refractivity contribution in [2.75, 3.05) is 25.0 Å². The Labute approximate surface area is 124 Å². The first-order valence-corrected chi connectivity index (χ1v) is 7.75. The number of rotatable bonds is 3. The zero-order valence-corrected chi connectivity index (χ0v) is 13.9. The van der Waals surface area contributed by atoms with Gasteiger partial charge in [-0.05, 0) is 46.8 Å². The molecule has 0 radical (unpaired) electrons. The molecule has 1 N–H and O–H groups in total. The molecule has 0 aromatic carbocycles. The van der Waals surface area contributed by atoms with E-state index in [1.165, 1.54) is 12.0 Å². The third-order valence-corrected chi connectivity index (χ3v) is 4.42. The monoisotopic (exact) mass is 325 g/mol. The van der Waals surface area contributed by atoms with Crippen LogP contribution in [0, 0.1) is 11.3 Å². The van der Waals surface area contributed by atoms with Crippen LogP contribution in [-0.2, 0) is 6.54 Å². The van der Waals surface area contributed by atoms with Crippen molar-refractivity contribution in [2.45, 2.75) is 33.7 Å². The van der Waals surface area contributed by atoms with Gasteiger partial charge in [0.25, 0.3) is 0 Å². The highest BCUT2D eigenvalue weighted by molar-refractivity contribution is 9.10. The van der Waals surface area contributed by atoms with Crippen molar-refractivity contribution < 1.29 is 0 Å². The van der Waals surface area contributed by atoms with Crippen LogP contribution in [0.1, 0.15) is 32.8 Å². The molecule has 0 bridgehead atoms. The van der Waals surface area contributed by atoms with Gasteiger partial charge in [0, 0.05) is 35.9 Å². The second kappa shape index (κ2) is 5.80. The highest BCUT2D eigenvalue weighted by Gasteiger charge is 2.32. The molecule has 1 aliphatic rings. The number of nitrogens with zero attached hydrogens (tertiary/aromatic N) is 2. The van der Waals surface area contributed by atoms with Crippen LogP contribution in [0.2, 0.25) is 0 Å². The van der Waals surface area contributed by atoms with Crippen LogP contribution in [0.4, 0.5) is 5.82 Å². The molecule has 1 saturated heterocycles. The minimum Gasteiger partial charge on any atom is -0.356 e. The number of anilines is 1. The summed E-state index contributed by atoms with van der Waals surface area (Å²) >= 11 is 3.51. The number of halogens is 1. The minimum atomic E-state index is 0.382. The SMILES string of the molecule is CNCc1cc(Br)cnc1N1CCC(C(C)(C)C)C1. The van der Waals surface area contributed by atoms with Crippen molar-refractivity contribution in [3.05, 3.63) is 22.3 Å². The number of pyridine rings is 1. The van der Waals surface area contributed by atoms with Crippen LogP contribution >= 0.6 is 15.9 Å². The minimum absolute atomic E-state index is 0.382. The van der Waals surface area contributed by atoms with Crippen molar-refractivity contribution in [1.29, 1.82) is 0 Å². The molecule has 4 heteroatoms. The molecule has 106 valence electrons. The summed E-state index contributed by atoms with van der Waals surface area (Å²) in [5.74, 6) is 1.89. The molecule has 0 spiro atoms. The second-order valence-corrected chi connectivity index (χ2v) is 7.38. The Hall–Kier alpha value is -0.610. The zero-order valence-electron chi connectivity index (χ0n) is 12.3. The summed E-state index contributed by atoms with van der Waals surface area (Å²) in [5.41, 5.74) is 1.65. The van der Waals surface area contributed by atoms with Gasteiger partial charge >= 0.3 is 0 Å². The maximum absolute atomic E-state index is 4.63. The van der Waals surface area contributed by atoms with E-state index in [-0.39, 0.29) is 0 Å². The fourth-order valence-corrected chi connectivity index (χ4v) is 3.12. The molecule has 3 nitrogen and oxygen atoms in total. The van der Waals surface area contributed by atoms with Gasteiger partial charge in [-0.15, -0.1) is 0 Å². The largest absolute Gasteiger partial charge is 0.356 e. The summed E-state index contributed by atoms with van der Waals surface area (Å²) < 4.78 is 1.05. The van der Waals surface area contributed by atoms with Gasteiger partial charge in [0.05, 0.1) is 0 Å². The summed E-state index contributed by atoms with van der Waals surface area (Å²) in [7, 11) is 1.98. The van der Waals surface area contributed by atoms with Crippen molar-refractivity contribution in [3.8, 4) is 0 Å². The molecule has 0 saturated carbocycles. The molecular weight excluding hydrogens is 302 g/mol. The highest BCUT2D eigenvalue weighted by atomic mass is 79.9. The van der Waals surface area contributed by atoms with Gasteiger partial charge in [0.15, 0.2) is 0 Å². The Morgan fingerprint density at radius 1 is 1.47 bits per heavy atom. The molecule has 19 heavy (non-hydrogen) atoms. The maximum atomic E-state index is 4.63. The lowest BCUT2D eigenvalue weighted by atomic mass is 9.80. The molecule has 1 unspecified atom stereocenters. The molecule has 1 aromatic heterocycles. The first-order chi connectivity index (χ1) is 8.91. The quantitative estimate of drug-likeness (QED) is 0.922. The van der Waals surface area contributed by atoms with Gasteiger partial charge in [-0.1, -0.05) is 20.8 Å². The van der Waals surface area contributed by atoms with Gasteiger partial charge in [-0.25, -0.2) is 4.98 Å². The van der Waals surface area contributed by atoms with Crippen molar-refractivity contribution in [2.24, 2.45) is 11.3 Å². The highest BCUT2D eigenvalue weighted by Crippen LogP contribution is 2.36. The fraction of sp³-hybridized carbons (Fsp3) is 0.667. The van der Waals surface area contributed by atoms with Crippen LogP contribution < -0.4 is 10.2 Å². The Morgan fingerprint density at radius 3 is 2.79 bits per heavy atom. The van der Waals surface area contributed by atoms with Gasteiger partial charge in [-0.3, -0.25) is 0 Å². The molecule has 0 aliphatic carbocycles. The summed E-state index contributed by atoms with van der Waals surface area (Å²) in [4.78, 5) is 7.07. The molecule has 1 atom stereocenters. The predicted molar refractivity (Wildman–Crippen MR) is 84.5 cm³/mol. The molecule has 1 aliphatic heterocycles. The zero-order chi connectivity index (χ0) is 14.0. The van der Waals surface area contributed by atoms with E-state index < -0.39 is 0 Å². The van der Waals surface area contributed by atoms with E-state index in [1.54, 1.807) is 0 Å². The average molecular weight is 326 g/mol. The van der Waals surface area contributed by atoms with E-state index in [4.69, 9.17) is 0 Å². The van der Waals surface area contributed by atoms with E-state index in [0.29, 0.717) is 5.41 Å². The van der Waals surface area contributed by atoms with Crippen LogP contribution in [0.3, 0.4) is 0 Å². The lowest BCUT2D eigenvalue weighted by Gasteiger charge is -2.27. The summed E-state index contributed by atoms with van der Waals surface area (Å²) in [5, 5.41) is 3.23. The number of aromatic nitrogens is 1. The van der Waals surface area contributed by atoms with Crippen LogP contribution in [0.15, 0.2) is 16.7 Å². The number of nitrogens with one attached hydrogen (secondary N) is 1. The molecule has 2 rings (SSSR count). The molecule has 1 fully saturated rings. The topological polar surface area (TPSA) is 28.2 Å². The Morgan fingerprint density at radius 2 is 2.21 bits per heavy atom. The standard InChI is InChI=1S/C15H24BrN3/c1-15(2,3)12-5-6-19(10-12)14-11(8-17-4)7-13(16)9-18-14/h7,9,12,17H,5-6,8,10H2,1-4H3. The fourth-order valence-electron chi connectivity index (χ4n) is 2.74. The van der Waals surface area contributed by atoms with Gasteiger partial charge in [0.2, 0.25) is 0 Å². The van der Waals surface area contributed by atoms with Crippen molar-refractivity contribution in [3.63, 3.8) is 0 Å². The van der Waals surface area contributed by atoms with Gasteiger partial charge < -0.3 is 10.2 Å². The van der Waals surface area contributed by atoms with E-state index >= 15 is 0 Å². The Balaban J connectivity index is 2.19. The second-order valence-electron chi connectivity index (χ2n) is 6.46. The first kappa shape index (κ1) is 14.8. The third-order valence-electron chi connectivity index (χ3n) is 3.99. The van der Waals surface area contributed by atoms with E-state index in [0.717, 1.165) is 35.8 Å². The van der Waals surface area contributed by atoms with Crippen LogP contribution in [-0.4, -0.2) is 25.1 Å². The third kappa shape index (κ3) is 3.48. The lowest BCUT2D eigenvalue weighted by Crippen LogP contribution is -2.27. The van der Waals surface area contributed by atoms with E-state index in [9.17, 15) is 0 Å².